The van der Waals surface area contributed by atoms with Crippen LogP contribution in [0.2, 0.25) is 0 Å². The number of halogens is 1. The third-order valence-corrected chi connectivity index (χ3v) is 9.26. The Labute approximate surface area is 263 Å². The van der Waals surface area contributed by atoms with Crippen molar-refractivity contribution in [2.24, 2.45) is 0 Å². The summed E-state index contributed by atoms with van der Waals surface area (Å²) in [5, 5.41) is 3.22. The van der Waals surface area contributed by atoms with Crippen molar-refractivity contribution in [1.82, 2.24) is 10.2 Å². The van der Waals surface area contributed by atoms with E-state index in [0.717, 1.165) is 58.3 Å². The van der Waals surface area contributed by atoms with Crippen molar-refractivity contribution in [1.29, 1.82) is 0 Å². The first-order valence-electron chi connectivity index (χ1n) is 14.7. The first kappa shape index (κ1) is 32.5. The molecule has 0 bridgehead atoms. The van der Waals surface area contributed by atoms with Gasteiger partial charge in [-0.05, 0) is 55.2 Å². The minimum absolute atomic E-state index is 0.0507. The van der Waals surface area contributed by atoms with Crippen molar-refractivity contribution in [2.45, 2.75) is 64.1 Å². The number of amides is 2. The number of sulfonamides is 1. The number of para-hydroxylation sites is 2. The lowest BCUT2D eigenvalue weighted by Gasteiger charge is -2.35. The van der Waals surface area contributed by atoms with Crippen LogP contribution in [0.3, 0.4) is 0 Å². The molecule has 8 nitrogen and oxygen atoms in total. The van der Waals surface area contributed by atoms with Gasteiger partial charge < -0.3 is 15.0 Å². The van der Waals surface area contributed by atoms with Crippen LogP contribution < -0.4 is 14.4 Å². The topological polar surface area (TPSA) is 96.0 Å². The van der Waals surface area contributed by atoms with Crippen LogP contribution in [-0.2, 0) is 32.6 Å². The van der Waals surface area contributed by atoms with E-state index in [9.17, 15) is 18.0 Å². The van der Waals surface area contributed by atoms with Crippen LogP contribution in [-0.4, -0.2) is 56.6 Å². The number of rotatable bonds is 13. The molecule has 0 radical (unpaired) electrons. The van der Waals surface area contributed by atoms with Gasteiger partial charge in [-0.3, -0.25) is 13.9 Å². The van der Waals surface area contributed by atoms with Gasteiger partial charge in [-0.2, -0.15) is 0 Å². The van der Waals surface area contributed by atoms with Gasteiger partial charge in [0.1, 0.15) is 18.3 Å². The monoisotopic (exact) mass is 669 g/mol. The molecule has 0 unspecified atom stereocenters. The lowest BCUT2D eigenvalue weighted by molar-refractivity contribution is -0.140. The molecule has 0 saturated heterocycles. The van der Waals surface area contributed by atoms with Crippen molar-refractivity contribution in [3.05, 3.63) is 94.5 Å². The molecule has 0 spiro atoms. The molecule has 1 aliphatic carbocycles. The quantitative estimate of drug-likeness (QED) is 0.252. The molecule has 3 aromatic carbocycles. The predicted octanol–water partition coefficient (Wildman–Crippen LogP) is 5.70. The van der Waals surface area contributed by atoms with E-state index in [2.05, 4.69) is 21.2 Å². The van der Waals surface area contributed by atoms with Crippen LogP contribution >= 0.6 is 15.9 Å². The highest BCUT2D eigenvalue weighted by Crippen LogP contribution is 2.30. The highest BCUT2D eigenvalue weighted by atomic mass is 79.9. The zero-order chi connectivity index (χ0) is 30.8. The first-order chi connectivity index (χ1) is 20.7. The second-order valence-corrected chi connectivity index (χ2v) is 13.7. The third-order valence-electron chi connectivity index (χ3n) is 7.60. The Balaban J connectivity index is 1.73. The van der Waals surface area contributed by atoms with E-state index in [1.54, 1.807) is 24.3 Å². The number of nitrogens with zero attached hydrogens (tertiary/aromatic N) is 2. The van der Waals surface area contributed by atoms with Crippen molar-refractivity contribution >= 4 is 43.5 Å². The largest absolute Gasteiger partial charge is 0.492 e. The summed E-state index contributed by atoms with van der Waals surface area (Å²) < 4.78 is 33.9. The Bertz CT molecular complexity index is 1460. The Hall–Kier alpha value is -3.37. The standard InChI is InChI=1S/C33H40BrN3O5S/c1-3-42-31-17-11-10-16-29(31)37(43(2,40)41)24-32(38)36(23-26-18-20-27(34)21-19-26)30(22-25-12-6-4-7-13-25)33(39)35-28-14-8-5-9-15-28/h4,6-7,10-13,16-21,28,30H,3,5,8-9,14-15,22-24H2,1-2H3,(H,35,39)/t30-/m0/s1. The van der Waals surface area contributed by atoms with Crippen molar-refractivity contribution < 1.29 is 22.7 Å². The van der Waals surface area contributed by atoms with Crippen LogP contribution in [0.25, 0.3) is 0 Å². The van der Waals surface area contributed by atoms with Crippen molar-refractivity contribution in [3.63, 3.8) is 0 Å². The molecule has 1 fully saturated rings. The van der Waals surface area contributed by atoms with Crippen molar-refractivity contribution in [2.75, 3.05) is 23.7 Å². The number of benzene rings is 3. The molecule has 1 N–H and O–H groups in total. The van der Waals surface area contributed by atoms with Gasteiger partial charge in [-0.15, -0.1) is 0 Å². The summed E-state index contributed by atoms with van der Waals surface area (Å²) in [6.45, 7) is 1.79. The first-order valence-corrected chi connectivity index (χ1v) is 17.4. The average molecular weight is 671 g/mol. The SMILES string of the molecule is CCOc1ccccc1N(CC(=O)N(Cc1ccc(Br)cc1)[C@@H](Cc1ccccc1)C(=O)NC1CCCCC1)S(C)(=O)=O. The molecule has 3 aromatic rings. The maximum atomic E-state index is 14.3. The fourth-order valence-electron chi connectivity index (χ4n) is 5.42. The second-order valence-electron chi connectivity index (χ2n) is 10.9. The number of carbonyl (C=O) groups is 2. The van der Waals surface area contributed by atoms with E-state index in [-0.39, 0.29) is 30.6 Å². The fraction of sp³-hybridized carbons (Fsp3) is 0.394. The molecular formula is C33H40BrN3O5S. The van der Waals surface area contributed by atoms with E-state index in [0.29, 0.717) is 12.4 Å². The molecule has 0 heterocycles. The molecular weight excluding hydrogens is 630 g/mol. The number of hydrogen-bond acceptors (Lipinski definition) is 5. The van der Waals surface area contributed by atoms with Gasteiger partial charge in [0.15, 0.2) is 0 Å². The van der Waals surface area contributed by atoms with Gasteiger partial charge >= 0.3 is 0 Å². The number of carbonyl (C=O) groups excluding carboxylic acids is 2. The Morgan fingerprint density at radius 2 is 1.58 bits per heavy atom. The molecule has 230 valence electrons. The van der Waals surface area contributed by atoms with Gasteiger partial charge in [-0.25, -0.2) is 8.42 Å². The number of ether oxygens (including phenoxy) is 1. The summed E-state index contributed by atoms with van der Waals surface area (Å²) in [6, 6.07) is 23.1. The maximum Gasteiger partial charge on any atom is 0.244 e. The lowest BCUT2D eigenvalue weighted by atomic mass is 9.94. The molecule has 4 rings (SSSR count). The second kappa shape index (κ2) is 15.4. The molecule has 0 aromatic heterocycles. The Morgan fingerprint density at radius 1 is 0.930 bits per heavy atom. The van der Waals surface area contributed by atoms with Gasteiger partial charge in [0, 0.05) is 23.5 Å². The summed E-state index contributed by atoms with van der Waals surface area (Å²) in [5.74, 6) is -0.361. The molecule has 1 aliphatic rings. The van der Waals surface area contributed by atoms with E-state index in [1.807, 2.05) is 61.5 Å². The summed E-state index contributed by atoms with van der Waals surface area (Å²) in [6.07, 6.45) is 6.42. The smallest absolute Gasteiger partial charge is 0.244 e. The summed E-state index contributed by atoms with van der Waals surface area (Å²) >= 11 is 3.46. The number of anilines is 1. The van der Waals surface area contributed by atoms with E-state index in [1.165, 1.54) is 4.90 Å². The molecule has 1 saturated carbocycles. The van der Waals surface area contributed by atoms with Crippen LogP contribution in [0.1, 0.15) is 50.2 Å². The molecule has 0 aliphatic heterocycles. The fourth-order valence-corrected chi connectivity index (χ4v) is 6.54. The van der Waals surface area contributed by atoms with Gasteiger partial charge in [0.05, 0.1) is 18.6 Å². The molecule has 10 heteroatoms. The highest BCUT2D eigenvalue weighted by molar-refractivity contribution is 9.10. The minimum atomic E-state index is -3.89. The number of nitrogens with one attached hydrogen (secondary N) is 1. The third kappa shape index (κ3) is 9.31. The maximum absolute atomic E-state index is 14.3. The zero-order valence-electron chi connectivity index (χ0n) is 24.7. The summed E-state index contributed by atoms with van der Waals surface area (Å²) in [4.78, 5) is 29.9. The van der Waals surface area contributed by atoms with Gasteiger partial charge in [0.2, 0.25) is 21.8 Å². The van der Waals surface area contributed by atoms with Crippen LogP contribution in [0, 0.1) is 0 Å². The Morgan fingerprint density at radius 3 is 2.23 bits per heavy atom. The molecule has 2 amide bonds. The average Bonchev–Trinajstić information content (AvgIpc) is 2.99. The highest BCUT2D eigenvalue weighted by Gasteiger charge is 2.34. The normalized spacial score (nSPS) is 14.5. The molecule has 43 heavy (non-hydrogen) atoms. The van der Waals surface area contributed by atoms with Crippen LogP contribution in [0.4, 0.5) is 5.69 Å². The summed E-state index contributed by atoms with van der Waals surface area (Å²) in [7, 11) is -3.89. The lowest BCUT2D eigenvalue weighted by Crippen LogP contribution is -2.55. The molecule has 1 atom stereocenters. The van der Waals surface area contributed by atoms with E-state index >= 15 is 0 Å². The van der Waals surface area contributed by atoms with Gasteiger partial charge in [-0.1, -0.05) is 89.8 Å². The van der Waals surface area contributed by atoms with Crippen LogP contribution in [0.15, 0.2) is 83.3 Å². The Kier molecular flexibility index (Phi) is 11.6. The van der Waals surface area contributed by atoms with E-state index in [4.69, 9.17) is 4.74 Å². The van der Waals surface area contributed by atoms with Crippen LogP contribution in [0.5, 0.6) is 5.75 Å². The zero-order valence-corrected chi connectivity index (χ0v) is 27.1. The van der Waals surface area contributed by atoms with E-state index < -0.39 is 28.5 Å². The van der Waals surface area contributed by atoms with Gasteiger partial charge in [0.25, 0.3) is 0 Å². The summed E-state index contributed by atoms with van der Waals surface area (Å²) in [5.41, 5.74) is 2.00. The van der Waals surface area contributed by atoms with Crippen molar-refractivity contribution in [3.8, 4) is 5.75 Å². The predicted molar refractivity (Wildman–Crippen MR) is 173 cm³/mol. The number of hydrogen-bond donors (Lipinski definition) is 1. The minimum Gasteiger partial charge on any atom is -0.492 e.